The van der Waals surface area contributed by atoms with E-state index in [2.05, 4.69) is 108 Å². The second-order valence-corrected chi connectivity index (χ2v) is 12.2. The summed E-state index contributed by atoms with van der Waals surface area (Å²) in [5, 5.41) is 3.48. The van der Waals surface area contributed by atoms with Gasteiger partial charge in [0.15, 0.2) is 17.5 Å². The fourth-order valence-corrected chi connectivity index (χ4v) is 7.03. The van der Waals surface area contributed by atoms with Crippen molar-refractivity contribution in [1.29, 1.82) is 0 Å². The predicted octanol–water partition coefficient (Wildman–Crippen LogP) is 10.2. The molecule has 5 nitrogen and oxygen atoms in total. The van der Waals surface area contributed by atoms with Crippen LogP contribution in [-0.2, 0) is 0 Å². The molecule has 0 amide bonds. The number of nitrogens with zero attached hydrogens (tertiary/aromatic N) is 5. The smallest absolute Gasteiger partial charge is 0.164 e. The summed E-state index contributed by atoms with van der Waals surface area (Å²) in [5.41, 5.74) is 8.25. The Bertz CT molecular complexity index is 2460. The van der Waals surface area contributed by atoms with Gasteiger partial charge in [-0.2, -0.15) is 0 Å². The Labute approximate surface area is 269 Å². The van der Waals surface area contributed by atoms with Gasteiger partial charge < -0.3 is 4.57 Å². The Hall–Kier alpha value is -5.98. The number of benzene rings is 6. The van der Waals surface area contributed by atoms with Gasteiger partial charge in [-0.3, -0.25) is 0 Å². The first-order valence-electron chi connectivity index (χ1n) is 15.2. The van der Waals surface area contributed by atoms with Crippen LogP contribution in [0.3, 0.4) is 0 Å². The predicted molar refractivity (Wildman–Crippen MR) is 189 cm³/mol. The largest absolute Gasteiger partial charge is 0.309 e. The van der Waals surface area contributed by atoms with Crippen molar-refractivity contribution in [2.45, 2.75) is 0 Å². The van der Waals surface area contributed by atoms with Crippen LogP contribution >= 0.6 is 11.3 Å². The maximum Gasteiger partial charge on any atom is 0.164 e. The number of hydrogen-bond donors (Lipinski definition) is 0. The lowest BCUT2D eigenvalue weighted by Crippen LogP contribution is -2.00. The van der Waals surface area contributed by atoms with Crippen molar-refractivity contribution in [2.75, 3.05) is 0 Å². The third-order valence-corrected chi connectivity index (χ3v) is 9.38. The highest BCUT2D eigenvalue weighted by Gasteiger charge is 2.16. The fraction of sp³-hybridized carbons (Fsp3) is 0. The van der Waals surface area contributed by atoms with Gasteiger partial charge in [-0.15, -0.1) is 11.3 Å². The van der Waals surface area contributed by atoms with Crippen LogP contribution in [0.2, 0.25) is 0 Å². The molecule has 0 fully saturated rings. The number of rotatable bonds is 5. The lowest BCUT2D eigenvalue weighted by Gasteiger charge is -2.10. The third kappa shape index (κ3) is 4.55. The van der Waals surface area contributed by atoms with Gasteiger partial charge in [-0.1, -0.05) is 97.1 Å². The lowest BCUT2D eigenvalue weighted by atomic mass is 10.1. The molecule has 0 unspecified atom stereocenters. The van der Waals surface area contributed by atoms with E-state index in [1.807, 2.05) is 48.5 Å². The van der Waals surface area contributed by atoms with Crippen molar-refractivity contribution in [1.82, 2.24) is 24.5 Å². The van der Waals surface area contributed by atoms with Crippen molar-refractivity contribution in [3.05, 3.63) is 152 Å². The van der Waals surface area contributed by atoms with Gasteiger partial charge in [0.1, 0.15) is 5.01 Å². The highest BCUT2D eigenvalue weighted by Crippen LogP contribution is 2.34. The van der Waals surface area contributed by atoms with E-state index < -0.39 is 0 Å². The average molecular weight is 608 g/mol. The molecule has 6 aromatic carbocycles. The molecule has 0 bridgehead atoms. The molecule has 216 valence electrons. The number of hydrogen-bond acceptors (Lipinski definition) is 5. The Morgan fingerprint density at radius 1 is 0.413 bits per heavy atom. The van der Waals surface area contributed by atoms with Crippen LogP contribution in [-0.4, -0.2) is 24.5 Å². The van der Waals surface area contributed by atoms with Gasteiger partial charge in [0.2, 0.25) is 0 Å². The van der Waals surface area contributed by atoms with Crippen molar-refractivity contribution in [3.8, 4) is 50.4 Å². The minimum absolute atomic E-state index is 0.617. The highest BCUT2D eigenvalue weighted by atomic mass is 32.1. The van der Waals surface area contributed by atoms with E-state index in [0.29, 0.717) is 17.5 Å². The maximum absolute atomic E-state index is 5.01. The number of aromatic nitrogens is 5. The Morgan fingerprint density at radius 3 is 1.54 bits per heavy atom. The number of thiazole rings is 1. The summed E-state index contributed by atoms with van der Waals surface area (Å²) >= 11 is 1.69. The molecule has 0 radical (unpaired) electrons. The molecule has 0 atom stereocenters. The molecular weight excluding hydrogens is 583 g/mol. The molecule has 3 aromatic heterocycles. The van der Waals surface area contributed by atoms with E-state index >= 15 is 0 Å². The first-order chi connectivity index (χ1) is 22.8. The third-order valence-electron chi connectivity index (χ3n) is 8.30. The zero-order chi connectivity index (χ0) is 30.5. The van der Waals surface area contributed by atoms with Crippen LogP contribution in [0.15, 0.2) is 152 Å². The van der Waals surface area contributed by atoms with Crippen LogP contribution in [0.25, 0.3) is 82.4 Å². The van der Waals surface area contributed by atoms with Crippen molar-refractivity contribution < 1.29 is 0 Å². The monoisotopic (exact) mass is 607 g/mol. The van der Waals surface area contributed by atoms with Gasteiger partial charge in [0.25, 0.3) is 0 Å². The minimum Gasteiger partial charge on any atom is -0.309 e. The van der Waals surface area contributed by atoms with Gasteiger partial charge in [-0.05, 0) is 54.6 Å². The van der Waals surface area contributed by atoms with Crippen LogP contribution in [0.4, 0.5) is 0 Å². The van der Waals surface area contributed by atoms with E-state index in [1.165, 1.54) is 21.8 Å². The van der Waals surface area contributed by atoms with Gasteiger partial charge in [-0.25, -0.2) is 19.9 Å². The summed E-state index contributed by atoms with van der Waals surface area (Å²) in [4.78, 5) is 19.9. The zero-order valence-electron chi connectivity index (χ0n) is 24.6. The normalized spacial score (nSPS) is 11.5. The molecule has 0 spiro atoms. The molecule has 9 rings (SSSR count). The Kier molecular flexibility index (Phi) is 6.25. The summed E-state index contributed by atoms with van der Waals surface area (Å²) in [6.07, 6.45) is 0. The van der Waals surface area contributed by atoms with Gasteiger partial charge in [0.05, 0.1) is 21.3 Å². The first kappa shape index (κ1) is 26.4. The Balaban J connectivity index is 1.15. The number of para-hydroxylation sites is 2. The average Bonchev–Trinajstić information content (AvgIpc) is 3.72. The standard InChI is InChI=1S/C40H25N5S/c1-3-11-26(12-4-1)37-42-38(44-39(43-37)29-21-24-36-33(25-29)41-40(46-36)28-13-5-2-6-14-28)27-19-22-30(23-20-27)45-34-17-9-7-15-31(34)32-16-8-10-18-35(32)45/h1-25H. The molecule has 0 N–H and O–H groups in total. The van der Waals surface area contributed by atoms with Crippen LogP contribution in [0.1, 0.15) is 0 Å². The van der Waals surface area contributed by atoms with Crippen molar-refractivity contribution in [2.24, 2.45) is 0 Å². The van der Waals surface area contributed by atoms with E-state index in [0.717, 1.165) is 43.2 Å². The van der Waals surface area contributed by atoms with E-state index in [-0.39, 0.29) is 0 Å². The molecule has 0 saturated carbocycles. The second kappa shape index (κ2) is 10.9. The first-order valence-corrected chi connectivity index (χ1v) is 16.0. The summed E-state index contributed by atoms with van der Waals surface area (Å²) < 4.78 is 3.44. The minimum atomic E-state index is 0.617. The topological polar surface area (TPSA) is 56.5 Å². The van der Waals surface area contributed by atoms with Gasteiger partial charge >= 0.3 is 0 Å². The molecule has 0 aliphatic rings. The molecule has 6 heteroatoms. The van der Waals surface area contributed by atoms with Gasteiger partial charge in [0, 0.05) is 38.7 Å². The Morgan fingerprint density at radius 2 is 0.913 bits per heavy atom. The zero-order valence-corrected chi connectivity index (χ0v) is 25.4. The maximum atomic E-state index is 5.01. The molecule has 0 saturated heterocycles. The molecule has 0 aliphatic heterocycles. The molecule has 9 aromatic rings. The lowest BCUT2D eigenvalue weighted by molar-refractivity contribution is 1.07. The van der Waals surface area contributed by atoms with Crippen molar-refractivity contribution in [3.63, 3.8) is 0 Å². The summed E-state index contributed by atoms with van der Waals surface area (Å²) in [6, 6.07) is 52.2. The molecule has 0 aliphatic carbocycles. The van der Waals surface area contributed by atoms with E-state index in [9.17, 15) is 0 Å². The fourth-order valence-electron chi connectivity index (χ4n) is 6.08. The molecule has 46 heavy (non-hydrogen) atoms. The number of fused-ring (bicyclic) bond motifs is 4. The van der Waals surface area contributed by atoms with Crippen molar-refractivity contribution >= 4 is 43.4 Å². The van der Waals surface area contributed by atoms with E-state index in [1.54, 1.807) is 11.3 Å². The van der Waals surface area contributed by atoms with E-state index in [4.69, 9.17) is 19.9 Å². The highest BCUT2D eigenvalue weighted by molar-refractivity contribution is 7.21. The van der Waals surface area contributed by atoms with Crippen LogP contribution in [0, 0.1) is 0 Å². The SMILES string of the molecule is c1ccc(-c2nc(-c3ccc(-n4c5ccccc5c5ccccc54)cc3)nc(-c3ccc4sc(-c5ccccc5)nc4c3)n2)cc1. The molecular formula is C40H25N5S. The summed E-state index contributed by atoms with van der Waals surface area (Å²) in [6.45, 7) is 0. The van der Waals surface area contributed by atoms with Crippen LogP contribution < -0.4 is 0 Å². The summed E-state index contributed by atoms with van der Waals surface area (Å²) in [7, 11) is 0. The quantitative estimate of drug-likeness (QED) is 0.195. The van der Waals surface area contributed by atoms with Crippen LogP contribution in [0.5, 0.6) is 0 Å². The molecule has 3 heterocycles. The second-order valence-electron chi connectivity index (χ2n) is 11.2. The summed E-state index contributed by atoms with van der Waals surface area (Å²) in [5.74, 6) is 1.88.